The number of terminal acetylenes is 1. The SMILES string of the molecule is C#Cc1ccsc1-c1nc2nc(C)ccn2c1NCc1cccc(OC)c1. The number of imidazole rings is 1. The van der Waals surface area contributed by atoms with E-state index >= 15 is 0 Å². The lowest BCUT2D eigenvalue weighted by molar-refractivity contribution is 0.414. The van der Waals surface area contributed by atoms with Gasteiger partial charge in [-0.15, -0.1) is 17.8 Å². The number of anilines is 1. The van der Waals surface area contributed by atoms with Crippen LogP contribution in [-0.2, 0) is 6.54 Å². The summed E-state index contributed by atoms with van der Waals surface area (Å²) in [5, 5.41) is 5.49. The van der Waals surface area contributed by atoms with Gasteiger partial charge in [-0.05, 0) is 42.1 Å². The quantitative estimate of drug-likeness (QED) is 0.527. The Morgan fingerprint density at radius 2 is 2.15 bits per heavy atom. The first kappa shape index (κ1) is 17.1. The van der Waals surface area contributed by atoms with E-state index in [1.165, 1.54) is 0 Å². The zero-order valence-electron chi connectivity index (χ0n) is 15.1. The van der Waals surface area contributed by atoms with E-state index in [9.17, 15) is 0 Å². The van der Waals surface area contributed by atoms with Crippen LogP contribution in [0.25, 0.3) is 16.3 Å². The van der Waals surface area contributed by atoms with Gasteiger partial charge in [-0.1, -0.05) is 18.1 Å². The van der Waals surface area contributed by atoms with Gasteiger partial charge in [-0.3, -0.25) is 4.40 Å². The number of rotatable bonds is 5. The van der Waals surface area contributed by atoms with Crippen LogP contribution in [0.5, 0.6) is 5.75 Å². The molecule has 1 aromatic carbocycles. The van der Waals surface area contributed by atoms with Crippen molar-refractivity contribution in [3.63, 3.8) is 0 Å². The minimum atomic E-state index is 0.628. The van der Waals surface area contributed by atoms with E-state index in [4.69, 9.17) is 16.1 Å². The van der Waals surface area contributed by atoms with Crippen LogP contribution in [0.3, 0.4) is 0 Å². The van der Waals surface area contributed by atoms with Crippen molar-refractivity contribution in [3.05, 3.63) is 64.8 Å². The average Bonchev–Trinajstić information content (AvgIpc) is 3.30. The molecule has 6 heteroatoms. The molecule has 4 aromatic rings. The van der Waals surface area contributed by atoms with Crippen LogP contribution >= 0.6 is 11.3 Å². The van der Waals surface area contributed by atoms with Crippen LogP contribution in [0.2, 0.25) is 0 Å². The third kappa shape index (κ3) is 3.25. The molecule has 0 bridgehead atoms. The zero-order valence-corrected chi connectivity index (χ0v) is 15.9. The second kappa shape index (κ2) is 7.14. The fourth-order valence-corrected chi connectivity index (χ4v) is 3.77. The summed E-state index contributed by atoms with van der Waals surface area (Å²) in [6.45, 7) is 2.58. The Balaban J connectivity index is 1.78. The fourth-order valence-electron chi connectivity index (χ4n) is 2.92. The first-order valence-electron chi connectivity index (χ1n) is 8.46. The molecule has 0 amide bonds. The minimum Gasteiger partial charge on any atom is -0.497 e. The predicted octanol–water partition coefficient (Wildman–Crippen LogP) is 4.37. The number of aryl methyl sites for hydroxylation is 1. The third-order valence-electron chi connectivity index (χ3n) is 4.26. The van der Waals surface area contributed by atoms with Gasteiger partial charge in [0.2, 0.25) is 5.78 Å². The highest BCUT2D eigenvalue weighted by atomic mass is 32.1. The molecule has 0 aliphatic carbocycles. The topological polar surface area (TPSA) is 51.5 Å². The second-order valence-electron chi connectivity index (χ2n) is 6.06. The molecule has 0 spiro atoms. The monoisotopic (exact) mass is 374 g/mol. The number of ether oxygens (including phenoxy) is 1. The van der Waals surface area contributed by atoms with Crippen LogP contribution in [0, 0.1) is 19.3 Å². The first-order valence-corrected chi connectivity index (χ1v) is 9.34. The summed E-state index contributed by atoms with van der Waals surface area (Å²) < 4.78 is 7.27. The molecule has 4 rings (SSSR count). The van der Waals surface area contributed by atoms with Crippen molar-refractivity contribution in [3.8, 4) is 28.7 Å². The van der Waals surface area contributed by atoms with Gasteiger partial charge in [0.15, 0.2) is 0 Å². The highest BCUT2D eigenvalue weighted by Gasteiger charge is 2.18. The van der Waals surface area contributed by atoms with Gasteiger partial charge >= 0.3 is 0 Å². The smallest absolute Gasteiger partial charge is 0.236 e. The van der Waals surface area contributed by atoms with E-state index in [1.807, 2.05) is 53.2 Å². The summed E-state index contributed by atoms with van der Waals surface area (Å²) >= 11 is 1.58. The number of hydrogen-bond acceptors (Lipinski definition) is 5. The molecule has 0 saturated carbocycles. The number of methoxy groups -OCH3 is 1. The van der Waals surface area contributed by atoms with Crippen molar-refractivity contribution in [2.24, 2.45) is 0 Å². The number of aromatic nitrogens is 3. The van der Waals surface area contributed by atoms with E-state index in [0.717, 1.165) is 39.0 Å². The van der Waals surface area contributed by atoms with Gasteiger partial charge in [0.25, 0.3) is 0 Å². The lowest BCUT2D eigenvalue weighted by Crippen LogP contribution is -2.04. The number of nitrogens with one attached hydrogen (secondary N) is 1. The number of nitrogens with zero attached hydrogens (tertiary/aromatic N) is 3. The van der Waals surface area contributed by atoms with Crippen LogP contribution < -0.4 is 10.1 Å². The van der Waals surface area contributed by atoms with Gasteiger partial charge in [-0.25, -0.2) is 9.97 Å². The number of hydrogen-bond donors (Lipinski definition) is 1. The highest BCUT2D eigenvalue weighted by Crippen LogP contribution is 2.34. The molecular formula is C21H18N4OS. The van der Waals surface area contributed by atoms with Crippen molar-refractivity contribution in [1.82, 2.24) is 14.4 Å². The Bertz CT molecular complexity index is 1150. The van der Waals surface area contributed by atoms with E-state index in [0.29, 0.717) is 12.3 Å². The summed E-state index contributed by atoms with van der Waals surface area (Å²) in [7, 11) is 1.67. The molecule has 0 radical (unpaired) electrons. The minimum absolute atomic E-state index is 0.628. The van der Waals surface area contributed by atoms with Gasteiger partial charge in [0.1, 0.15) is 17.3 Å². The fraction of sp³-hybridized carbons (Fsp3) is 0.143. The molecule has 27 heavy (non-hydrogen) atoms. The normalized spacial score (nSPS) is 10.7. The van der Waals surface area contributed by atoms with E-state index in [-0.39, 0.29) is 0 Å². The maximum Gasteiger partial charge on any atom is 0.236 e. The molecule has 0 atom stereocenters. The van der Waals surface area contributed by atoms with E-state index in [2.05, 4.69) is 22.3 Å². The molecule has 0 unspecified atom stereocenters. The predicted molar refractivity (Wildman–Crippen MR) is 109 cm³/mol. The van der Waals surface area contributed by atoms with Gasteiger partial charge < -0.3 is 10.1 Å². The summed E-state index contributed by atoms with van der Waals surface area (Å²) in [6.07, 6.45) is 7.65. The number of fused-ring (bicyclic) bond motifs is 1. The molecule has 1 N–H and O–H groups in total. The van der Waals surface area contributed by atoms with E-state index in [1.54, 1.807) is 18.4 Å². The van der Waals surface area contributed by atoms with Crippen molar-refractivity contribution >= 4 is 22.9 Å². The molecule has 0 saturated heterocycles. The van der Waals surface area contributed by atoms with Crippen LogP contribution in [0.1, 0.15) is 16.8 Å². The Kier molecular flexibility index (Phi) is 4.53. The Morgan fingerprint density at radius 1 is 1.26 bits per heavy atom. The van der Waals surface area contributed by atoms with E-state index < -0.39 is 0 Å². The highest BCUT2D eigenvalue weighted by molar-refractivity contribution is 7.13. The third-order valence-corrected chi connectivity index (χ3v) is 5.18. The molecule has 0 fully saturated rings. The molecule has 0 aliphatic rings. The van der Waals surface area contributed by atoms with Gasteiger partial charge in [-0.2, -0.15) is 0 Å². The lowest BCUT2D eigenvalue weighted by Gasteiger charge is -2.09. The van der Waals surface area contributed by atoms with Crippen molar-refractivity contribution in [2.75, 3.05) is 12.4 Å². The van der Waals surface area contributed by atoms with Gasteiger partial charge in [0.05, 0.1) is 12.0 Å². The summed E-state index contributed by atoms with van der Waals surface area (Å²) in [6, 6.07) is 11.9. The maximum absolute atomic E-state index is 5.67. The van der Waals surface area contributed by atoms with Crippen LogP contribution in [0.4, 0.5) is 5.82 Å². The zero-order chi connectivity index (χ0) is 18.8. The van der Waals surface area contributed by atoms with Gasteiger partial charge in [0, 0.05) is 24.0 Å². The van der Waals surface area contributed by atoms with Crippen LogP contribution in [0.15, 0.2) is 48.0 Å². The first-order chi connectivity index (χ1) is 13.2. The number of thiophene rings is 1. The molecule has 0 aliphatic heterocycles. The largest absolute Gasteiger partial charge is 0.497 e. The average molecular weight is 374 g/mol. The second-order valence-corrected chi connectivity index (χ2v) is 6.98. The molecule has 5 nitrogen and oxygen atoms in total. The summed E-state index contributed by atoms with van der Waals surface area (Å²) in [5.74, 6) is 5.10. The molecular weight excluding hydrogens is 356 g/mol. The maximum atomic E-state index is 5.67. The van der Waals surface area contributed by atoms with Crippen LogP contribution in [-0.4, -0.2) is 21.5 Å². The Hall–Kier alpha value is -3.30. The molecule has 3 heterocycles. The standard InChI is InChI=1S/C21H18N4OS/c1-4-16-9-11-27-19(16)18-20(25-10-8-14(2)23-21(25)24-18)22-13-15-6-5-7-17(12-15)26-3/h1,5-12,22H,13H2,2-3H3. The molecule has 3 aromatic heterocycles. The Labute approximate surface area is 161 Å². The number of benzene rings is 1. The van der Waals surface area contributed by atoms with Crippen molar-refractivity contribution in [1.29, 1.82) is 0 Å². The van der Waals surface area contributed by atoms with Crippen molar-refractivity contribution < 1.29 is 4.74 Å². The summed E-state index contributed by atoms with van der Waals surface area (Å²) in [4.78, 5) is 10.3. The summed E-state index contributed by atoms with van der Waals surface area (Å²) in [5.41, 5.74) is 3.68. The lowest BCUT2D eigenvalue weighted by atomic mass is 10.2. The van der Waals surface area contributed by atoms with Crippen molar-refractivity contribution in [2.45, 2.75) is 13.5 Å². The molecule has 134 valence electrons. The Morgan fingerprint density at radius 3 is 2.96 bits per heavy atom.